The van der Waals surface area contributed by atoms with E-state index in [1.54, 1.807) is 12.1 Å². The fourth-order valence-electron chi connectivity index (χ4n) is 1.69. The van der Waals surface area contributed by atoms with E-state index < -0.39 is 17.8 Å². The highest BCUT2D eigenvalue weighted by Crippen LogP contribution is 2.19. The molecule has 0 saturated carbocycles. The first-order valence-corrected chi connectivity index (χ1v) is 6.20. The van der Waals surface area contributed by atoms with Gasteiger partial charge in [-0.05, 0) is 30.3 Å². The number of amides is 2. The Labute approximate surface area is 124 Å². The zero-order valence-electron chi connectivity index (χ0n) is 10.6. The Morgan fingerprint density at radius 2 is 1.81 bits per heavy atom. The van der Waals surface area contributed by atoms with E-state index in [0.29, 0.717) is 0 Å². The largest absolute Gasteiger partial charge is 0.478 e. The number of aromatic carboxylic acids is 1. The number of anilines is 2. The number of benzene rings is 2. The van der Waals surface area contributed by atoms with E-state index >= 15 is 0 Å². The van der Waals surface area contributed by atoms with Gasteiger partial charge in [0.1, 0.15) is 5.82 Å². The lowest BCUT2D eigenvalue weighted by Gasteiger charge is -2.10. The Morgan fingerprint density at radius 1 is 1.10 bits per heavy atom. The van der Waals surface area contributed by atoms with Gasteiger partial charge in [-0.15, -0.1) is 0 Å². The first-order valence-electron chi connectivity index (χ1n) is 5.82. The van der Waals surface area contributed by atoms with Crippen LogP contribution in [0.4, 0.5) is 20.6 Å². The Kier molecular flexibility index (Phi) is 4.39. The molecule has 0 spiro atoms. The second-order valence-electron chi connectivity index (χ2n) is 4.09. The first-order chi connectivity index (χ1) is 9.95. The predicted octanol–water partition coefficient (Wildman–Crippen LogP) is 3.82. The average Bonchev–Trinajstić information content (AvgIpc) is 2.37. The third kappa shape index (κ3) is 3.93. The van der Waals surface area contributed by atoms with E-state index in [9.17, 15) is 14.0 Å². The van der Waals surface area contributed by atoms with E-state index in [0.717, 1.165) is 12.1 Å². The van der Waals surface area contributed by atoms with E-state index in [2.05, 4.69) is 10.6 Å². The number of carboxylic acids is 1. The number of rotatable bonds is 3. The second kappa shape index (κ2) is 6.23. The molecule has 7 heteroatoms. The van der Waals surface area contributed by atoms with Crippen LogP contribution in [0.1, 0.15) is 10.4 Å². The van der Waals surface area contributed by atoms with Crippen LogP contribution in [0.2, 0.25) is 5.02 Å². The summed E-state index contributed by atoms with van der Waals surface area (Å²) in [5.74, 6) is -1.76. The van der Waals surface area contributed by atoms with Gasteiger partial charge in [-0.3, -0.25) is 0 Å². The summed E-state index contributed by atoms with van der Waals surface area (Å²) >= 11 is 5.67. The number of carboxylic acid groups (broad SMARTS) is 1. The molecule has 0 fully saturated rings. The average molecular weight is 309 g/mol. The Bertz CT molecular complexity index is 686. The van der Waals surface area contributed by atoms with E-state index in [-0.39, 0.29) is 22.0 Å². The van der Waals surface area contributed by atoms with Gasteiger partial charge in [0.25, 0.3) is 0 Å². The van der Waals surface area contributed by atoms with Gasteiger partial charge in [-0.2, -0.15) is 0 Å². The minimum absolute atomic E-state index is 0.0510. The second-order valence-corrected chi connectivity index (χ2v) is 4.52. The summed E-state index contributed by atoms with van der Waals surface area (Å²) in [6, 6.07) is 8.79. The molecule has 3 N–H and O–H groups in total. The van der Waals surface area contributed by atoms with Crippen molar-refractivity contribution in [2.24, 2.45) is 0 Å². The predicted molar refractivity (Wildman–Crippen MR) is 77.5 cm³/mol. The molecule has 0 unspecified atom stereocenters. The van der Waals surface area contributed by atoms with Crippen LogP contribution in [-0.2, 0) is 0 Å². The van der Waals surface area contributed by atoms with Crippen molar-refractivity contribution in [3.8, 4) is 0 Å². The van der Waals surface area contributed by atoms with Crippen LogP contribution >= 0.6 is 11.6 Å². The normalized spacial score (nSPS) is 10.0. The zero-order chi connectivity index (χ0) is 15.4. The topological polar surface area (TPSA) is 78.4 Å². The molecule has 0 saturated heterocycles. The summed E-state index contributed by atoms with van der Waals surface area (Å²) in [5.41, 5.74) is 0.236. The third-order valence-electron chi connectivity index (χ3n) is 2.53. The summed E-state index contributed by atoms with van der Waals surface area (Å²) < 4.78 is 13.1. The van der Waals surface area contributed by atoms with Crippen molar-refractivity contribution in [3.05, 3.63) is 58.9 Å². The standard InChI is InChI=1S/C14H10ClFN2O3/c15-8-5-9(16)7-10(6-8)17-14(21)18-12-4-2-1-3-11(12)13(19)20/h1-7H,(H,19,20)(H2,17,18,21). The highest BCUT2D eigenvalue weighted by molar-refractivity contribution is 6.31. The molecule has 2 rings (SSSR count). The van der Waals surface area contributed by atoms with Crippen molar-refractivity contribution in [3.63, 3.8) is 0 Å². The molecular formula is C14H10ClFN2O3. The molecule has 0 aliphatic rings. The van der Waals surface area contributed by atoms with Crippen molar-refractivity contribution in [2.45, 2.75) is 0 Å². The minimum atomic E-state index is -1.17. The number of carbonyl (C=O) groups is 2. The molecule has 21 heavy (non-hydrogen) atoms. The van der Waals surface area contributed by atoms with Gasteiger partial charge in [-0.25, -0.2) is 14.0 Å². The maximum Gasteiger partial charge on any atom is 0.337 e. The lowest BCUT2D eigenvalue weighted by atomic mass is 10.2. The van der Waals surface area contributed by atoms with Crippen LogP contribution < -0.4 is 10.6 Å². The smallest absolute Gasteiger partial charge is 0.337 e. The number of nitrogens with one attached hydrogen (secondary N) is 2. The van der Waals surface area contributed by atoms with Gasteiger partial charge in [0, 0.05) is 10.7 Å². The SMILES string of the molecule is O=C(Nc1cc(F)cc(Cl)c1)Nc1ccccc1C(=O)O. The summed E-state index contributed by atoms with van der Waals surface area (Å²) in [6.07, 6.45) is 0. The highest BCUT2D eigenvalue weighted by atomic mass is 35.5. The Morgan fingerprint density at radius 3 is 2.48 bits per heavy atom. The molecule has 2 aromatic rings. The monoisotopic (exact) mass is 308 g/mol. The molecule has 0 atom stereocenters. The number of hydrogen-bond acceptors (Lipinski definition) is 2. The molecule has 0 heterocycles. The summed E-state index contributed by atoms with van der Waals surface area (Å²) in [5, 5.41) is 13.9. The first kappa shape index (κ1) is 14.8. The van der Waals surface area contributed by atoms with Crippen LogP contribution in [0, 0.1) is 5.82 Å². The molecule has 0 aliphatic carbocycles. The molecule has 0 aromatic heterocycles. The highest BCUT2D eigenvalue weighted by Gasteiger charge is 2.12. The fraction of sp³-hybridized carbons (Fsp3) is 0. The van der Waals surface area contributed by atoms with Gasteiger partial charge in [0.2, 0.25) is 0 Å². The van der Waals surface area contributed by atoms with Crippen LogP contribution in [-0.4, -0.2) is 17.1 Å². The molecule has 0 radical (unpaired) electrons. The van der Waals surface area contributed by atoms with Gasteiger partial charge in [0.05, 0.1) is 11.3 Å². The van der Waals surface area contributed by atoms with E-state index in [1.807, 2.05) is 0 Å². The van der Waals surface area contributed by atoms with Crippen molar-refractivity contribution >= 4 is 35.0 Å². The van der Waals surface area contributed by atoms with Crippen molar-refractivity contribution in [2.75, 3.05) is 10.6 Å². The number of hydrogen-bond donors (Lipinski definition) is 3. The minimum Gasteiger partial charge on any atom is -0.478 e. The van der Waals surface area contributed by atoms with Crippen LogP contribution in [0.25, 0.3) is 0 Å². The van der Waals surface area contributed by atoms with Crippen LogP contribution in [0.3, 0.4) is 0 Å². The lowest BCUT2D eigenvalue weighted by molar-refractivity contribution is 0.0698. The van der Waals surface area contributed by atoms with Crippen LogP contribution in [0.5, 0.6) is 0 Å². The summed E-state index contributed by atoms with van der Waals surface area (Å²) in [4.78, 5) is 22.8. The summed E-state index contributed by atoms with van der Waals surface area (Å²) in [6.45, 7) is 0. The third-order valence-corrected chi connectivity index (χ3v) is 2.74. The van der Waals surface area contributed by atoms with Gasteiger partial charge >= 0.3 is 12.0 Å². The zero-order valence-corrected chi connectivity index (χ0v) is 11.3. The van der Waals surface area contributed by atoms with Gasteiger partial charge in [0.15, 0.2) is 0 Å². The number of urea groups is 1. The van der Waals surface area contributed by atoms with Gasteiger partial charge in [-0.1, -0.05) is 23.7 Å². The number of halogens is 2. The molecule has 2 aromatic carbocycles. The van der Waals surface area contributed by atoms with Crippen molar-refractivity contribution < 1.29 is 19.1 Å². The molecule has 0 aliphatic heterocycles. The summed E-state index contributed by atoms with van der Waals surface area (Å²) in [7, 11) is 0. The molecule has 5 nitrogen and oxygen atoms in total. The Balaban J connectivity index is 2.14. The van der Waals surface area contributed by atoms with E-state index in [4.69, 9.17) is 16.7 Å². The quantitative estimate of drug-likeness (QED) is 0.806. The molecule has 0 bridgehead atoms. The maximum absolute atomic E-state index is 13.1. The maximum atomic E-state index is 13.1. The van der Waals surface area contributed by atoms with Crippen molar-refractivity contribution in [1.29, 1.82) is 0 Å². The number of para-hydroxylation sites is 1. The molecule has 2 amide bonds. The van der Waals surface area contributed by atoms with Crippen molar-refractivity contribution in [1.82, 2.24) is 0 Å². The number of carbonyl (C=O) groups excluding carboxylic acids is 1. The van der Waals surface area contributed by atoms with Crippen LogP contribution in [0.15, 0.2) is 42.5 Å². The Hall–Kier alpha value is -2.60. The molecule has 108 valence electrons. The fourth-order valence-corrected chi connectivity index (χ4v) is 1.91. The van der Waals surface area contributed by atoms with E-state index in [1.165, 1.54) is 18.2 Å². The lowest BCUT2D eigenvalue weighted by Crippen LogP contribution is -2.21. The van der Waals surface area contributed by atoms with Gasteiger partial charge < -0.3 is 15.7 Å². The molecular weight excluding hydrogens is 299 g/mol.